The van der Waals surface area contributed by atoms with Gasteiger partial charge >= 0.3 is 5.97 Å². The standard InChI is InChI=1S/C66H109NO10/c1-4-7-10-13-16-19-22-24-26-27-28-29-30-31-32-33-34-36-39-42-45-48-51-54-61(71)77-64-63(73)62(72)60(55-68)76-66(64)75-56-57(58(69)52-49-46-43-40-37-21-18-15-12-9-6-3)67-65(74)59(70)53-50-47-44-41-38-35-25-23-20-17-14-11-8-5-2/h7-8,10-11,14,16-17,19-20,23-26,28-29,31-32,35,49,52,57-60,62-64,66,68-70,72-73H,4-6,9,12-13,15,18,21-22,27,30,33-34,36-48,50-51,53-56H2,1-3H3,(H,67,74)/b10-7-,11-8+,17-14+,19-16-,23-20+,26-24-,29-28-,32-31-,35-25-,52-49+. The number of esters is 1. The van der Waals surface area contributed by atoms with Crippen LogP contribution >= 0.6 is 0 Å². The summed E-state index contributed by atoms with van der Waals surface area (Å²) in [6, 6.07) is -1.05. The highest BCUT2D eigenvalue weighted by molar-refractivity contribution is 5.80. The number of hydrogen-bond donors (Lipinski definition) is 6. The fraction of sp³-hybridized carbons (Fsp3) is 0.667. The first-order valence-electron chi connectivity index (χ1n) is 30.4. The number of allylic oxidation sites excluding steroid dienone is 19. The van der Waals surface area contributed by atoms with Crippen molar-refractivity contribution in [2.75, 3.05) is 13.2 Å². The van der Waals surface area contributed by atoms with Gasteiger partial charge in [-0.25, -0.2) is 0 Å². The van der Waals surface area contributed by atoms with Crippen molar-refractivity contribution in [1.82, 2.24) is 5.32 Å². The minimum Gasteiger partial charge on any atom is -0.454 e. The Kier molecular flexibility index (Phi) is 48.7. The quantitative estimate of drug-likeness (QED) is 0.0149. The fourth-order valence-corrected chi connectivity index (χ4v) is 8.69. The molecule has 1 aliphatic heterocycles. The molecule has 0 aliphatic carbocycles. The van der Waals surface area contributed by atoms with Crippen LogP contribution in [0.3, 0.4) is 0 Å². The van der Waals surface area contributed by atoms with Crippen LogP contribution in [0.15, 0.2) is 122 Å². The summed E-state index contributed by atoms with van der Waals surface area (Å²) in [6.07, 6.45) is 62.4. The molecule has 11 nitrogen and oxygen atoms in total. The van der Waals surface area contributed by atoms with Gasteiger partial charge in [-0.1, -0.05) is 245 Å². The first kappa shape index (κ1) is 71.1. The van der Waals surface area contributed by atoms with Gasteiger partial charge in [0.2, 0.25) is 5.91 Å². The smallest absolute Gasteiger partial charge is 0.306 e. The average molecular weight is 1080 g/mol. The molecular weight excluding hydrogens is 967 g/mol. The predicted molar refractivity (Wildman–Crippen MR) is 319 cm³/mol. The Balaban J connectivity index is 2.67. The van der Waals surface area contributed by atoms with Crippen LogP contribution in [-0.2, 0) is 23.8 Å². The topological polar surface area (TPSA) is 175 Å². The maximum atomic E-state index is 13.4. The molecule has 11 heteroatoms. The number of carbonyl (C=O) groups excluding carboxylic acids is 2. The van der Waals surface area contributed by atoms with Gasteiger partial charge in [0.1, 0.15) is 24.4 Å². The van der Waals surface area contributed by atoms with Crippen LogP contribution < -0.4 is 5.32 Å². The van der Waals surface area contributed by atoms with Crippen LogP contribution in [0.1, 0.15) is 220 Å². The SMILES string of the molecule is CC/C=C\C/C=C\C/C=C\C/C=C\C/C=C\CCCCCCCCCC(=O)OC1C(OCC(NC(=O)C(O)CCCCCC\C=C/C=C/C=C/C=C/CC)C(O)/C=C/CCCCCCCCCCC)OC(CO)C(O)C1O. The summed E-state index contributed by atoms with van der Waals surface area (Å²) in [4.78, 5) is 26.5. The van der Waals surface area contributed by atoms with Crippen LogP contribution in [0, 0.1) is 0 Å². The monoisotopic (exact) mass is 1080 g/mol. The van der Waals surface area contributed by atoms with Crippen LogP contribution in [0.2, 0.25) is 0 Å². The van der Waals surface area contributed by atoms with Crippen molar-refractivity contribution in [1.29, 1.82) is 0 Å². The molecule has 1 amide bonds. The predicted octanol–water partition coefficient (Wildman–Crippen LogP) is 14.3. The van der Waals surface area contributed by atoms with E-state index >= 15 is 0 Å². The number of aliphatic hydroxyl groups excluding tert-OH is 5. The summed E-state index contributed by atoms with van der Waals surface area (Å²) in [5, 5.41) is 56.9. The molecule has 1 heterocycles. The molecule has 0 aromatic rings. The first-order valence-corrected chi connectivity index (χ1v) is 30.4. The lowest BCUT2D eigenvalue weighted by Gasteiger charge is -2.41. The number of nitrogens with one attached hydrogen (secondary N) is 1. The molecule has 1 rings (SSSR count). The van der Waals surface area contributed by atoms with E-state index in [0.717, 1.165) is 135 Å². The van der Waals surface area contributed by atoms with Gasteiger partial charge in [-0.2, -0.15) is 0 Å². The molecule has 77 heavy (non-hydrogen) atoms. The zero-order valence-electron chi connectivity index (χ0n) is 48.3. The molecule has 6 N–H and O–H groups in total. The third kappa shape index (κ3) is 40.8. The van der Waals surface area contributed by atoms with Gasteiger partial charge < -0.3 is 45.1 Å². The van der Waals surface area contributed by atoms with Crippen molar-refractivity contribution in [3.05, 3.63) is 122 Å². The second-order valence-corrected chi connectivity index (χ2v) is 20.4. The van der Waals surface area contributed by atoms with E-state index in [1.165, 1.54) is 38.5 Å². The van der Waals surface area contributed by atoms with Gasteiger partial charge in [-0.05, 0) is 89.9 Å². The molecule has 438 valence electrons. The highest BCUT2D eigenvalue weighted by Crippen LogP contribution is 2.26. The Labute approximate surface area is 468 Å². The minimum absolute atomic E-state index is 0.100. The largest absolute Gasteiger partial charge is 0.454 e. The van der Waals surface area contributed by atoms with Crippen molar-refractivity contribution < 1.29 is 49.3 Å². The molecule has 0 aromatic carbocycles. The number of ether oxygens (including phenoxy) is 3. The fourth-order valence-electron chi connectivity index (χ4n) is 8.69. The molecule has 8 atom stereocenters. The molecule has 1 saturated heterocycles. The van der Waals surface area contributed by atoms with Crippen LogP contribution in [0.5, 0.6) is 0 Å². The lowest BCUT2D eigenvalue weighted by atomic mass is 9.99. The Morgan fingerprint density at radius 2 is 1.00 bits per heavy atom. The van der Waals surface area contributed by atoms with E-state index in [0.29, 0.717) is 12.8 Å². The highest BCUT2D eigenvalue weighted by atomic mass is 16.7. The Bertz CT molecular complexity index is 1710. The van der Waals surface area contributed by atoms with Crippen molar-refractivity contribution >= 4 is 11.9 Å². The first-order chi connectivity index (χ1) is 37.7. The average Bonchev–Trinajstić information content (AvgIpc) is 3.43. The van der Waals surface area contributed by atoms with Crippen molar-refractivity contribution in [2.24, 2.45) is 0 Å². The molecule has 0 saturated carbocycles. The summed E-state index contributed by atoms with van der Waals surface area (Å²) < 4.78 is 17.6. The summed E-state index contributed by atoms with van der Waals surface area (Å²) >= 11 is 0. The second kappa shape index (κ2) is 52.7. The highest BCUT2D eigenvalue weighted by Gasteiger charge is 2.47. The minimum atomic E-state index is -1.63. The molecule has 1 fully saturated rings. The van der Waals surface area contributed by atoms with Crippen LogP contribution in [0.4, 0.5) is 0 Å². The van der Waals surface area contributed by atoms with E-state index in [1.807, 2.05) is 42.5 Å². The van der Waals surface area contributed by atoms with E-state index in [-0.39, 0.29) is 19.4 Å². The van der Waals surface area contributed by atoms with Crippen LogP contribution in [-0.4, -0.2) is 99.6 Å². The number of aliphatic hydroxyl groups is 5. The van der Waals surface area contributed by atoms with Crippen LogP contribution in [0.25, 0.3) is 0 Å². The van der Waals surface area contributed by atoms with Gasteiger partial charge in [-0.15, -0.1) is 0 Å². The number of hydrogen-bond acceptors (Lipinski definition) is 10. The van der Waals surface area contributed by atoms with E-state index < -0.39 is 67.4 Å². The zero-order chi connectivity index (χ0) is 56.1. The van der Waals surface area contributed by atoms with Crippen molar-refractivity contribution in [2.45, 2.75) is 269 Å². The summed E-state index contributed by atoms with van der Waals surface area (Å²) in [5.41, 5.74) is 0. The Morgan fingerprint density at radius 1 is 0.532 bits per heavy atom. The third-order valence-corrected chi connectivity index (χ3v) is 13.5. The van der Waals surface area contributed by atoms with Gasteiger partial charge in [-0.3, -0.25) is 9.59 Å². The number of carbonyl (C=O) groups is 2. The molecule has 0 aromatic heterocycles. The van der Waals surface area contributed by atoms with E-state index in [1.54, 1.807) is 6.08 Å². The molecular formula is C66H109NO10. The van der Waals surface area contributed by atoms with Gasteiger partial charge in [0, 0.05) is 6.42 Å². The molecule has 1 aliphatic rings. The molecule has 0 spiro atoms. The second-order valence-electron chi connectivity index (χ2n) is 20.4. The van der Waals surface area contributed by atoms with Gasteiger partial charge in [0.05, 0.1) is 25.4 Å². The number of rotatable bonds is 49. The van der Waals surface area contributed by atoms with E-state index in [9.17, 15) is 35.1 Å². The lowest BCUT2D eigenvalue weighted by molar-refractivity contribution is -0.305. The lowest BCUT2D eigenvalue weighted by Crippen LogP contribution is -2.61. The van der Waals surface area contributed by atoms with Crippen molar-refractivity contribution in [3.8, 4) is 0 Å². The maximum Gasteiger partial charge on any atom is 0.306 e. The zero-order valence-corrected chi connectivity index (χ0v) is 48.3. The molecule has 0 bridgehead atoms. The number of unbranched alkanes of at least 4 members (excludes halogenated alkanes) is 20. The van der Waals surface area contributed by atoms with E-state index in [4.69, 9.17) is 14.2 Å². The Hall–Kier alpha value is -3.94. The summed E-state index contributed by atoms with van der Waals surface area (Å²) in [5.74, 6) is -1.24. The molecule has 0 radical (unpaired) electrons. The summed E-state index contributed by atoms with van der Waals surface area (Å²) in [7, 11) is 0. The third-order valence-electron chi connectivity index (χ3n) is 13.5. The van der Waals surface area contributed by atoms with Gasteiger partial charge in [0.15, 0.2) is 12.4 Å². The maximum absolute atomic E-state index is 13.4. The Morgan fingerprint density at radius 3 is 1.56 bits per heavy atom. The molecule has 8 unspecified atom stereocenters. The summed E-state index contributed by atoms with van der Waals surface area (Å²) in [6.45, 7) is 5.49. The van der Waals surface area contributed by atoms with Crippen molar-refractivity contribution in [3.63, 3.8) is 0 Å². The van der Waals surface area contributed by atoms with Gasteiger partial charge in [0.25, 0.3) is 0 Å². The van der Waals surface area contributed by atoms with E-state index in [2.05, 4.69) is 99.0 Å². The number of amides is 1. The normalized spacial score (nSPS) is 19.9.